The number of aliphatic carboxylic acids is 1. The minimum Gasteiger partial charge on any atom is -0.481 e. The van der Waals surface area contributed by atoms with Crippen molar-refractivity contribution in [1.82, 2.24) is 0 Å². The van der Waals surface area contributed by atoms with Crippen LogP contribution in [-0.2, 0) is 11.2 Å². The van der Waals surface area contributed by atoms with Gasteiger partial charge in [0.1, 0.15) is 0 Å². The second-order valence-electron chi connectivity index (χ2n) is 3.30. The number of hydrogen-bond acceptors (Lipinski definition) is 2. The molecule has 1 atom stereocenters. The smallest absolute Gasteiger partial charge is 0.306 e. The summed E-state index contributed by atoms with van der Waals surface area (Å²) in [7, 11) is 0. The lowest BCUT2D eigenvalue weighted by atomic mass is 10.0. The number of halogens is 1. The molecule has 0 radical (unpaired) electrons. The highest BCUT2D eigenvalue weighted by Gasteiger charge is 2.11. The second-order valence-corrected chi connectivity index (χ2v) is 4.46. The van der Waals surface area contributed by atoms with Crippen LogP contribution in [0, 0.1) is 9.49 Å². The molecule has 3 nitrogen and oxygen atoms in total. The topological polar surface area (TPSA) is 63.3 Å². The number of rotatable bonds is 3. The zero-order valence-corrected chi connectivity index (χ0v) is 9.98. The normalized spacial score (nSPS) is 12.4. The Hall–Kier alpha value is -0.780. The van der Waals surface area contributed by atoms with Crippen LogP contribution < -0.4 is 5.73 Å². The molecule has 76 valence electrons. The first-order valence-electron chi connectivity index (χ1n) is 4.27. The van der Waals surface area contributed by atoms with Crippen LogP contribution in [0.4, 0.5) is 5.69 Å². The fourth-order valence-electron chi connectivity index (χ4n) is 1.14. The highest BCUT2D eigenvalue weighted by molar-refractivity contribution is 14.1. The van der Waals surface area contributed by atoms with E-state index >= 15 is 0 Å². The SMILES string of the molecule is C[C@H](Cc1ccc(N)c(I)c1)C(=O)O. The number of carboxylic acids is 1. The number of benzene rings is 1. The molecule has 1 aromatic rings. The average Bonchev–Trinajstić information content (AvgIpc) is 2.11. The van der Waals surface area contributed by atoms with Gasteiger partial charge in [-0.3, -0.25) is 4.79 Å². The summed E-state index contributed by atoms with van der Waals surface area (Å²) >= 11 is 2.14. The maximum Gasteiger partial charge on any atom is 0.306 e. The predicted octanol–water partition coefficient (Wildman–Crippen LogP) is 2.14. The Morgan fingerprint density at radius 1 is 1.64 bits per heavy atom. The molecular weight excluding hydrogens is 293 g/mol. The molecule has 0 unspecified atom stereocenters. The van der Waals surface area contributed by atoms with Gasteiger partial charge in [0.15, 0.2) is 0 Å². The van der Waals surface area contributed by atoms with Crippen LogP contribution in [0.15, 0.2) is 18.2 Å². The molecule has 14 heavy (non-hydrogen) atoms. The van der Waals surface area contributed by atoms with Crippen molar-refractivity contribution < 1.29 is 9.90 Å². The first kappa shape index (κ1) is 11.3. The van der Waals surface area contributed by atoms with E-state index < -0.39 is 5.97 Å². The summed E-state index contributed by atoms with van der Waals surface area (Å²) in [4.78, 5) is 10.6. The zero-order chi connectivity index (χ0) is 10.7. The molecular formula is C10H12INO2. The van der Waals surface area contributed by atoms with E-state index in [1.807, 2.05) is 18.2 Å². The summed E-state index contributed by atoms with van der Waals surface area (Å²) in [5, 5.41) is 8.74. The van der Waals surface area contributed by atoms with Gasteiger partial charge in [-0.25, -0.2) is 0 Å². The number of nitrogens with two attached hydrogens (primary N) is 1. The predicted molar refractivity (Wildman–Crippen MR) is 64.1 cm³/mol. The lowest BCUT2D eigenvalue weighted by Crippen LogP contribution is -2.12. The van der Waals surface area contributed by atoms with E-state index in [4.69, 9.17) is 10.8 Å². The zero-order valence-electron chi connectivity index (χ0n) is 7.83. The van der Waals surface area contributed by atoms with Crippen LogP contribution in [0.5, 0.6) is 0 Å². The van der Waals surface area contributed by atoms with Gasteiger partial charge in [-0.1, -0.05) is 13.0 Å². The standard InChI is InChI=1S/C10H12INO2/c1-6(10(13)14)4-7-2-3-9(12)8(11)5-7/h2-3,5-6H,4,12H2,1H3,(H,13,14)/t6-/m1/s1. The Labute approximate surface area is 96.4 Å². The maximum absolute atomic E-state index is 10.6. The fourth-order valence-corrected chi connectivity index (χ4v) is 1.72. The van der Waals surface area contributed by atoms with Crippen molar-refractivity contribution in [3.63, 3.8) is 0 Å². The Kier molecular flexibility index (Phi) is 3.74. The van der Waals surface area contributed by atoms with Gasteiger partial charge < -0.3 is 10.8 Å². The summed E-state index contributed by atoms with van der Waals surface area (Å²) in [6.45, 7) is 1.70. The van der Waals surface area contributed by atoms with Crippen molar-refractivity contribution in [3.8, 4) is 0 Å². The van der Waals surface area contributed by atoms with Crippen molar-refractivity contribution >= 4 is 34.2 Å². The van der Waals surface area contributed by atoms with E-state index in [-0.39, 0.29) is 5.92 Å². The molecule has 0 saturated heterocycles. The lowest BCUT2D eigenvalue weighted by molar-refractivity contribution is -0.141. The molecule has 4 heteroatoms. The molecule has 0 aliphatic rings. The van der Waals surface area contributed by atoms with E-state index in [2.05, 4.69) is 22.6 Å². The Balaban J connectivity index is 2.78. The van der Waals surface area contributed by atoms with Gasteiger partial charge in [0.2, 0.25) is 0 Å². The Morgan fingerprint density at radius 3 is 2.79 bits per heavy atom. The van der Waals surface area contributed by atoms with Crippen LogP contribution in [-0.4, -0.2) is 11.1 Å². The van der Waals surface area contributed by atoms with E-state index in [0.717, 1.165) is 14.8 Å². The van der Waals surface area contributed by atoms with Gasteiger partial charge in [0.05, 0.1) is 5.92 Å². The van der Waals surface area contributed by atoms with E-state index in [9.17, 15) is 4.79 Å². The summed E-state index contributed by atoms with van der Waals surface area (Å²) in [5.74, 6) is -1.12. The fraction of sp³-hybridized carbons (Fsp3) is 0.300. The summed E-state index contributed by atoms with van der Waals surface area (Å²) in [5.41, 5.74) is 7.40. The lowest BCUT2D eigenvalue weighted by Gasteiger charge is -2.07. The molecule has 0 aliphatic heterocycles. The van der Waals surface area contributed by atoms with Gasteiger partial charge in [-0.2, -0.15) is 0 Å². The molecule has 0 heterocycles. The van der Waals surface area contributed by atoms with Crippen molar-refractivity contribution in [2.24, 2.45) is 5.92 Å². The van der Waals surface area contributed by atoms with E-state index in [1.54, 1.807) is 6.92 Å². The first-order chi connectivity index (χ1) is 6.50. The molecule has 1 rings (SSSR count). The van der Waals surface area contributed by atoms with Gasteiger partial charge in [0.25, 0.3) is 0 Å². The highest BCUT2D eigenvalue weighted by Crippen LogP contribution is 2.18. The molecule has 0 amide bonds. The molecule has 0 aliphatic carbocycles. The molecule has 0 fully saturated rings. The van der Waals surface area contributed by atoms with Crippen LogP contribution in [0.3, 0.4) is 0 Å². The van der Waals surface area contributed by atoms with Gasteiger partial charge in [-0.15, -0.1) is 0 Å². The Morgan fingerprint density at radius 2 is 2.29 bits per heavy atom. The third-order valence-electron chi connectivity index (χ3n) is 2.03. The largest absolute Gasteiger partial charge is 0.481 e. The molecule has 0 aromatic heterocycles. The molecule has 1 aromatic carbocycles. The summed E-state index contributed by atoms with van der Waals surface area (Å²) in [6.07, 6.45) is 0.547. The molecule has 0 bridgehead atoms. The number of carbonyl (C=O) groups is 1. The monoisotopic (exact) mass is 305 g/mol. The van der Waals surface area contributed by atoms with Crippen LogP contribution in [0.1, 0.15) is 12.5 Å². The van der Waals surface area contributed by atoms with Crippen LogP contribution in [0.25, 0.3) is 0 Å². The van der Waals surface area contributed by atoms with E-state index in [0.29, 0.717) is 6.42 Å². The quantitative estimate of drug-likeness (QED) is 0.664. The summed E-state index contributed by atoms with van der Waals surface area (Å²) in [6, 6.07) is 5.61. The number of nitrogen functional groups attached to an aromatic ring is 1. The van der Waals surface area contributed by atoms with Crippen LogP contribution in [0.2, 0.25) is 0 Å². The van der Waals surface area contributed by atoms with E-state index in [1.165, 1.54) is 0 Å². The third-order valence-corrected chi connectivity index (χ3v) is 2.96. The summed E-state index contributed by atoms with van der Waals surface area (Å²) < 4.78 is 0.970. The molecule has 0 saturated carbocycles. The third kappa shape index (κ3) is 2.87. The maximum atomic E-state index is 10.6. The minimum absolute atomic E-state index is 0.352. The van der Waals surface area contributed by atoms with Crippen molar-refractivity contribution in [2.75, 3.05) is 5.73 Å². The number of carboxylic acid groups (broad SMARTS) is 1. The average molecular weight is 305 g/mol. The minimum atomic E-state index is -0.767. The van der Waals surface area contributed by atoms with Gasteiger partial charge in [0, 0.05) is 9.26 Å². The van der Waals surface area contributed by atoms with Gasteiger partial charge >= 0.3 is 5.97 Å². The first-order valence-corrected chi connectivity index (χ1v) is 5.35. The second kappa shape index (κ2) is 4.63. The van der Waals surface area contributed by atoms with Gasteiger partial charge in [-0.05, 0) is 46.7 Å². The highest BCUT2D eigenvalue weighted by atomic mass is 127. The van der Waals surface area contributed by atoms with Crippen molar-refractivity contribution in [3.05, 3.63) is 27.3 Å². The number of hydrogen-bond donors (Lipinski definition) is 2. The molecule has 3 N–H and O–H groups in total. The van der Waals surface area contributed by atoms with Crippen molar-refractivity contribution in [1.29, 1.82) is 0 Å². The number of anilines is 1. The van der Waals surface area contributed by atoms with Crippen molar-refractivity contribution in [2.45, 2.75) is 13.3 Å². The molecule has 0 spiro atoms. The Bertz CT molecular complexity index is 352. The van der Waals surface area contributed by atoms with Crippen LogP contribution >= 0.6 is 22.6 Å².